The molecule has 0 unspecified atom stereocenters. The molecule has 0 atom stereocenters. The van der Waals surface area contributed by atoms with Crippen LogP contribution in [0.5, 0.6) is 0 Å². The van der Waals surface area contributed by atoms with Gasteiger partial charge in [-0.3, -0.25) is 9.78 Å². The number of nitrogens with zero attached hydrogens (tertiary/aromatic N) is 4. The maximum atomic E-state index is 13.0. The molecule has 1 saturated carbocycles. The molecule has 1 aliphatic rings. The predicted molar refractivity (Wildman–Crippen MR) is 103 cm³/mol. The van der Waals surface area contributed by atoms with E-state index in [-0.39, 0.29) is 11.4 Å². The van der Waals surface area contributed by atoms with Gasteiger partial charge in [0.15, 0.2) is 0 Å². The Morgan fingerprint density at radius 1 is 1.30 bits per heavy atom. The van der Waals surface area contributed by atoms with Gasteiger partial charge in [0.2, 0.25) is 5.71 Å². The molecule has 1 N–H and O–H groups in total. The highest BCUT2D eigenvalue weighted by atomic mass is 16.3. The SMILES string of the molecule is Cc1ccnc(CNC(=O)c2c(C)oc3ncnc(N(C)C4(C)CC4)c23)c1. The topological polar surface area (TPSA) is 84.2 Å². The van der Waals surface area contributed by atoms with E-state index in [1.165, 1.54) is 6.33 Å². The third-order valence-corrected chi connectivity index (χ3v) is 5.37. The second-order valence-corrected chi connectivity index (χ2v) is 7.47. The molecule has 4 rings (SSSR count). The first-order valence-corrected chi connectivity index (χ1v) is 9.07. The fourth-order valence-corrected chi connectivity index (χ4v) is 3.28. The van der Waals surface area contributed by atoms with E-state index >= 15 is 0 Å². The van der Waals surface area contributed by atoms with E-state index in [1.807, 2.05) is 26.1 Å². The van der Waals surface area contributed by atoms with Crippen molar-refractivity contribution in [1.29, 1.82) is 0 Å². The molecule has 0 aromatic carbocycles. The molecule has 1 amide bonds. The number of rotatable bonds is 5. The van der Waals surface area contributed by atoms with Crippen molar-refractivity contribution in [1.82, 2.24) is 20.3 Å². The van der Waals surface area contributed by atoms with Gasteiger partial charge in [-0.25, -0.2) is 9.97 Å². The van der Waals surface area contributed by atoms with Crippen LogP contribution in [0, 0.1) is 13.8 Å². The summed E-state index contributed by atoms with van der Waals surface area (Å²) in [7, 11) is 2.01. The Hall–Kier alpha value is -2.96. The minimum atomic E-state index is -0.208. The number of pyridine rings is 1. The Morgan fingerprint density at radius 3 is 2.78 bits per heavy atom. The molecular weight excluding hydrogens is 342 g/mol. The Morgan fingerprint density at radius 2 is 2.07 bits per heavy atom. The molecule has 3 aromatic heterocycles. The van der Waals surface area contributed by atoms with E-state index in [0.29, 0.717) is 29.0 Å². The summed E-state index contributed by atoms with van der Waals surface area (Å²) in [5.41, 5.74) is 2.92. The number of furan rings is 1. The summed E-state index contributed by atoms with van der Waals surface area (Å²) >= 11 is 0. The average Bonchev–Trinajstić information content (AvgIpc) is 3.30. The van der Waals surface area contributed by atoms with Crippen molar-refractivity contribution in [2.24, 2.45) is 0 Å². The van der Waals surface area contributed by atoms with Crippen molar-refractivity contribution in [2.75, 3.05) is 11.9 Å². The number of anilines is 1. The molecule has 3 heterocycles. The highest BCUT2D eigenvalue weighted by Crippen LogP contribution is 2.44. The fraction of sp³-hybridized carbons (Fsp3) is 0.400. The fourth-order valence-electron chi connectivity index (χ4n) is 3.28. The van der Waals surface area contributed by atoms with E-state index in [2.05, 4.69) is 32.1 Å². The zero-order chi connectivity index (χ0) is 19.2. The molecule has 0 bridgehead atoms. The van der Waals surface area contributed by atoms with Crippen molar-refractivity contribution >= 4 is 22.8 Å². The lowest BCUT2D eigenvalue weighted by molar-refractivity contribution is 0.0950. The summed E-state index contributed by atoms with van der Waals surface area (Å²) < 4.78 is 5.76. The van der Waals surface area contributed by atoms with Crippen molar-refractivity contribution in [3.8, 4) is 0 Å². The second-order valence-electron chi connectivity index (χ2n) is 7.47. The molecule has 0 spiro atoms. The van der Waals surface area contributed by atoms with Crippen LogP contribution >= 0.6 is 0 Å². The van der Waals surface area contributed by atoms with Crippen molar-refractivity contribution in [2.45, 2.75) is 45.7 Å². The third-order valence-electron chi connectivity index (χ3n) is 5.37. The van der Waals surface area contributed by atoms with Gasteiger partial charge in [-0.2, -0.15) is 0 Å². The largest absolute Gasteiger partial charge is 0.442 e. The van der Waals surface area contributed by atoms with E-state index in [1.54, 1.807) is 13.1 Å². The first-order chi connectivity index (χ1) is 12.9. The van der Waals surface area contributed by atoms with Gasteiger partial charge in [0.05, 0.1) is 23.2 Å². The van der Waals surface area contributed by atoms with Crippen LogP contribution < -0.4 is 10.2 Å². The van der Waals surface area contributed by atoms with Gasteiger partial charge < -0.3 is 14.6 Å². The quantitative estimate of drug-likeness (QED) is 0.748. The average molecular weight is 365 g/mol. The van der Waals surface area contributed by atoms with Crippen LogP contribution in [0.1, 0.15) is 47.1 Å². The van der Waals surface area contributed by atoms with Gasteiger partial charge in [-0.15, -0.1) is 0 Å². The molecule has 7 nitrogen and oxygen atoms in total. The van der Waals surface area contributed by atoms with Crippen LogP contribution in [0.15, 0.2) is 29.1 Å². The van der Waals surface area contributed by atoms with Gasteiger partial charge >= 0.3 is 0 Å². The zero-order valence-electron chi connectivity index (χ0n) is 16.0. The summed E-state index contributed by atoms with van der Waals surface area (Å²) in [6.45, 7) is 6.32. The molecular formula is C20H23N5O2. The Bertz CT molecular complexity index is 1020. The van der Waals surface area contributed by atoms with Crippen LogP contribution in [0.3, 0.4) is 0 Å². The summed E-state index contributed by atoms with van der Waals surface area (Å²) in [5.74, 6) is 1.06. The van der Waals surface area contributed by atoms with Gasteiger partial charge in [-0.1, -0.05) is 0 Å². The number of carbonyl (C=O) groups is 1. The molecule has 140 valence electrons. The first kappa shape index (κ1) is 17.5. The highest BCUT2D eigenvalue weighted by Gasteiger charge is 2.43. The summed E-state index contributed by atoms with van der Waals surface area (Å²) in [6, 6.07) is 3.88. The lowest BCUT2D eigenvalue weighted by Crippen LogP contribution is -2.32. The first-order valence-electron chi connectivity index (χ1n) is 9.07. The lowest BCUT2D eigenvalue weighted by atomic mass is 10.1. The normalized spacial score (nSPS) is 15.0. The highest BCUT2D eigenvalue weighted by molar-refractivity contribution is 6.10. The number of aryl methyl sites for hydroxylation is 2. The molecule has 1 fully saturated rings. The second kappa shape index (κ2) is 6.33. The van der Waals surface area contributed by atoms with Gasteiger partial charge in [0, 0.05) is 18.8 Å². The van der Waals surface area contributed by atoms with Crippen molar-refractivity contribution < 1.29 is 9.21 Å². The van der Waals surface area contributed by atoms with Gasteiger partial charge in [0.25, 0.3) is 5.91 Å². The van der Waals surface area contributed by atoms with Crippen LogP contribution in [0.2, 0.25) is 0 Å². The molecule has 0 aliphatic heterocycles. The predicted octanol–water partition coefficient (Wildman–Crippen LogP) is 3.15. The van der Waals surface area contributed by atoms with E-state index < -0.39 is 0 Å². The zero-order valence-corrected chi connectivity index (χ0v) is 16.0. The standard InChI is InChI=1S/C20H23N5O2/c1-12-5-8-21-14(9-12)10-22-18(26)15-13(2)27-19-16(15)17(23-11-24-19)25(4)20(3)6-7-20/h5,8-9,11H,6-7,10H2,1-4H3,(H,22,26). The number of fused-ring (bicyclic) bond motifs is 1. The smallest absolute Gasteiger partial charge is 0.255 e. The number of hydrogen-bond acceptors (Lipinski definition) is 6. The molecule has 1 aliphatic carbocycles. The molecule has 3 aromatic rings. The number of aromatic nitrogens is 3. The number of nitrogens with one attached hydrogen (secondary N) is 1. The number of carbonyl (C=O) groups excluding carboxylic acids is 1. The summed E-state index contributed by atoms with van der Waals surface area (Å²) in [5, 5.41) is 3.61. The Labute approximate surface area is 157 Å². The summed E-state index contributed by atoms with van der Waals surface area (Å²) in [6.07, 6.45) is 5.44. The monoisotopic (exact) mass is 365 g/mol. The van der Waals surface area contributed by atoms with Crippen molar-refractivity contribution in [3.63, 3.8) is 0 Å². The van der Waals surface area contributed by atoms with Crippen LogP contribution in [-0.2, 0) is 6.54 Å². The van der Waals surface area contributed by atoms with E-state index in [0.717, 1.165) is 29.9 Å². The van der Waals surface area contributed by atoms with Crippen LogP contribution in [0.4, 0.5) is 5.82 Å². The van der Waals surface area contributed by atoms with Crippen LogP contribution in [-0.4, -0.2) is 33.4 Å². The number of hydrogen-bond donors (Lipinski definition) is 1. The van der Waals surface area contributed by atoms with E-state index in [9.17, 15) is 4.79 Å². The van der Waals surface area contributed by atoms with E-state index in [4.69, 9.17) is 4.42 Å². The number of amides is 1. The third kappa shape index (κ3) is 3.13. The van der Waals surface area contributed by atoms with Crippen molar-refractivity contribution in [3.05, 3.63) is 47.2 Å². The summed E-state index contributed by atoms with van der Waals surface area (Å²) in [4.78, 5) is 28.1. The molecule has 0 saturated heterocycles. The van der Waals surface area contributed by atoms with Gasteiger partial charge in [0.1, 0.15) is 17.9 Å². The molecule has 27 heavy (non-hydrogen) atoms. The maximum Gasteiger partial charge on any atom is 0.255 e. The van der Waals surface area contributed by atoms with Gasteiger partial charge in [-0.05, 0) is 51.3 Å². The molecule has 0 radical (unpaired) electrons. The Kier molecular flexibility index (Phi) is 4.09. The minimum Gasteiger partial charge on any atom is -0.442 e. The van der Waals surface area contributed by atoms with Crippen LogP contribution in [0.25, 0.3) is 11.1 Å². The Balaban J connectivity index is 1.68. The molecule has 7 heteroatoms. The maximum absolute atomic E-state index is 13.0. The lowest BCUT2D eigenvalue weighted by Gasteiger charge is -2.26. The minimum absolute atomic E-state index is 0.0751.